The van der Waals surface area contributed by atoms with Crippen molar-refractivity contribution < 1.29 is 14.3 Å². The van der Waals surface area contributed by atoms with Crippen molar-refractivity contribution >= 4 is 11.4 Å². The number of aromatic nitrogens is 3. The molecule has 0 unspecified atom stereocenters. The number of rotatable bonds is 3. The van der Waals surface area contributed by atoms with Crippen LogP contribution >= 0.6 is 0 Å². The Morgan fingerprint density at radius 1 is 1.11 bits per heavy atom. The number of benzene rings is 2. The summed E-state index contributed by atoms with van der Waals surface area (Å²) in [7, 11) is 0. The Labute approximate surface area is 154 Å². The van der Waals surface area contributed by atoms with E-state index in [1.165, 1.54) is 28.9 Å². The molecule has 2 heterocycles. The van der Waals surface area contributed by atoms with Gasteiger partial charge in [0.05, 0.1) is 16.8 Å². The molecule has 0 fully saturated rings. The molecule has 0 aliphatic heterocycles. The molecule has 0 saturated heterocycles. The first-order valence-corrected chi connectivity index (χ1v) is 8.39. The minimum absolute atomic E-state index is 0.0747. The molecule has 0 saturated carbocycles. The number of phenols is 1. The van der Waals surface area contributed by atoms with Crippen molar-refractivity contribution in [1.29, 1.82) is 0 Å². The second-order valence-electron chi connectivity index (χ2n) is 6.43. The normalized spacial score (nSPS) is 11.1. The van der Waals surface area contributed by atoms with Crippen molar-refractivity contribution in [3.05, 3.63) is 83.1 Å². The van der Waals surface area contributed by atoms with Gasteiger partial charge in [-0.1, -0.05) is 23.8 Å². The first kappa shape index (κ1) is 16.9. The predicted molar refractivity (Wildman–Crippen MR) is 99.4 cm³/mol. The van der Waals surface area contributed by atoms with Crippen molar-refractivity contribution in [2.24, 2.45) is 0 Å². The number of fused-ring (bicyclic) bond motifs is 1. The summed E-state index contributed by atoms with van der Waals surface area (Å²) in [5.41, 5.74) is 4.29. The molecule has 27 heavy (non-hydrogen) atoms. The molecule has 2 aromatic carbocycles. The largest absolute Gasteiger partial charge is 0.507 e. The molecule has 0 radical (unpaired) electrons. The van der Waals surface area contributed by atoms with Gasteiger partial charge in [0.15, 0.2) is 11.4 Å². The highest BCUT2D eigenvalue weighted by atomic mass is 19.1. The van der Waals surface area contributed by atoms with Crippen LogP contribution in [-0.2, 0) is 0 Å². The van der Waals surface area contributed by atoms with E-state index < -0.39 is 0 Å². The van der Waals surface area contributed by atoms with Crippen LogP contribution in [0.5, 0.6) is 5.75 Å². The number of aromatic hydroxyl groups is 1. The van der Waals surface area contributed by atoms with Crippen molar-refractivity contribution in [3.63, 3.8) is 0 Å². The lowest BCUT2D eigenvalue weighted by Crippen LogP contribution is -2.05. The van der Waals surface area contributed by atoms with E-state index in [0.717, 1.165) is 22.4 Å². The second-order valence-corrected chi connectivity index (χ2v) is 6.43. The van der Waals surface area contributed by atoms with Crippen molar-refractivity contribution in [2.75, 3.05) is 0 Å². The number of carbonyl (C=O) groups excluding carboxylic acids is 1. The summed E-state index contributed by atoms with van der Waals surface area (Å²) in [5.74, 6) is -0.719. The third kappa shape index (κ3) is 2.95. The van der Waals surface area contributed by atoms with Gasteiger partial charge in [-0.05, 0) is 43.7 Å². The zero-order valence-electron chi connectivity index (χ0n) is 14.8. The third-order valence-corrected chi connectivity index (χ3v) is 4.44. The monoisotopic (exact) mass is 361 g/mol. The molecule has 0 spiro atoms. The van der Waals surface area contributed by atoms with Crippen LogP contribution < -0.4 is 0 Å². The van der Waals surface area contributed by atoms with Gasteiger partial charge in [0.2, 0.25) is 0 Å². The molecular weight excluding hydrogens is 345 g/mol. The van der Waals surface area contributed by atoms with Crippen LogP contribution in [0.4, 0.5) is 4.39 Å². The predicted octanol–water partition coefficient (Wildman–Crippen LogP) is 4.09. The lowest BCUT2D eigenvalue weighted by molar-refractivity contribution is 0.103. The summed E-state index contributed by atoms with van der Waals surface area (Å²) >= 11 is 0. The summed E-state index contributed by atoms with van der Waals surface area (Å²) in [6.07, 6.45) is 3.06. The highest BCUT2D eigenvalue weighted by Gasteiger charge is 2.18. The lowest BCUT2D eigenvalue weighted by atomic mass is 10.0. The van der Waals surface area contributed by atoms with Gasteiger partial charge in [-0.3, -0.25) is 4.79 Å². The first-order chi connectivity index (χ1) is 12.9. The summed E-state index contributed by atoms with van der Waals surface area (Å²) in [6.45, 7) is 3.69. The van der Waals surface area contributed by atoms with Crippen LogP contribution in [0.2, 0.25) is 0 Å². The Balaban J connectivity index is 1.81. The molecule has 0 aliphatic carbocycles. The molecule has 0 amide bonds. The van der Waals surface area contributed by atoms with E-state index in [4.69, 9.17) is 0 Å². The Morgan fingerprint density at radius 2 is 1.85 bits per heavy atom. The molecule has 1 N–H and O–H groups in total. The molecule has 134 valence electrons. The maximum absolute atomic E-state index is 13.2. The number of hydrogen-bond acceptors (Lipinski definition) is 4. The molecule has 4 rings (SSSR count). The smallest absolute Gasteiger partial charge is 0.199 e. The third-order valence-electron chi connectivity index (χ3n) is 4.44. The van der Waals surface area contributed by atoms with Crippen molar-refractivity contribution in [2.45, 2.75) is 13.8 Å². The average Bonchev–Trinajstić information content (AvgIpc) is 2.99. The number of nitrogens with zero attached hydrogens (tertiary/aromatic N) is 3. The summed E-state index contributed by atoms with van der Waals surface area (Å²) < 4.78 is 14.7. The molecule has 4 aromatic rings. The van der Waals surface area contributed by atoms with E-state index in [1.807, 2.05) is 13.8 Å². The molecular formula is C21H16FN3O2. The Morgan fingerprint density at radius 3 is 2.59 bits per heavy atom. The Bertz CT molecular complexity index is 1180. The molecule has 6 heteroatoms. The number of phenolic OH excluding ortho intramolecular Hbond substituents is 1. The van der Waals surface area contributed by atoms with Gasteiger partial charge in [-0.2, -0.15) is 5.10 Å². The van der Waals surface area contributed by atoms with E-state index in [0.29, 0.717) is 11.2 Å². The fourth-order valence-corrected chi connectivity index (χ4v) is 3.10. The average molecular weight is 361 g/mol. The van der Waals surface area contributed by atoms with E-state index in [2.05, 4.69) is 10.1 Å². The standard InChI is InChI=1S/C21H16FN3O2/c1-12-3-8-18(26)17(9-12)20(27)15-10-23-21-19(13(2)24-25(21)11-15)14-4-6-16(22)7-5-14/h3-11,26H,1-2H3. The van der Waals surface area contributed by atoms with Gasteiger partial charge in [-0.15, -0.1) is 0 Å². The quantitative estimate of drug-likeness (QED) is 0.558. The van der Waals surface area contributed by atoms with Gasteiger partial charge in [0.1, 0.15) is 11.6 Å². The van der Waals surface area contributed by atoms with Gasteiger partial charge in [0.25, 0.3) is 0 Å². The molecule has 0 bridgehead atoms. The van der Waals surface area contributed by atoms with Crippen LogP contribution in [0.25, 0.3) is 16.8 Å². The minimum atomic E-state index is -0.331. The molecule has 2 aromatic heterocycles. The summed E-state index contributed by atoms with van der Waals surface area (Å²) in [4.78, 5) is 17.2. The van der Waals surface area contributed by atoms with Gasteiger partial charge in [0, 0.05) is 18.0 Å². The zero-order chi connectivity index (χ0) is 19.1. The van der Waals surface area contributed by atoms with Gasteiger partial charge >= 0.3 is 0 Å². The van der Waals surface area contributed by atoms with E-state index in [-0.39, 0.29) is 22.9 Å². The van der Waals surface area contributed by atoms with Crippen LogP contribution in [0.15, 0.2) is 54.9 Å². The summed E-state index contributed by atoms with van der Waals surface area (Å²) in [6, 6.07) is 11.0. The fraction of sp³-hybridized carbons (Fsp3) is 0.0952. The first-order valence-electron chi connectivity index (χ1n) is 8.39. The minimum Gasteiger partial charge on any atom is -0.507 e. The highest BCUT2D eigenvalue weighted by Crippen LogP contribution is 2.28. The Hall–Kier alpha value is -3.54. The topological polar surface area (TPSA) is 67.5 Å². The maximum Gasteiger partial charge on any atom is 0.199 e. The summed E-state index contributed by atoms with van der Waals surface area (Å²) in [5, 5.41) is 14.4. The zero-order valence-corrected chi connectivity index (χ0v) is 14.8. The van der Waals surface area contributed by atoms with Crippen LogP contribution in [0.3, 0.4) is 0 Å². The van der Waals surface area contributed by atoms with Crippen LogP contribution in [-0.4, -0.2) is 25.5 Å². The molecule has 0 atom stereocenters. The van der Waals surface area contributed by atoms with E-state index in [9.17, 15) is 14.3 Å². The van der Waals surface area contributed by atoms with Crippen molar-refractivity contribution in [3.8, 4) is 16.9 Å². The maximum atomic E-state index is 13.2. The SMILES string of the molecule is Cc1ccc(O)c(C(=O)c2cnc3c(-c4ccc(F)cc4)c(C)nn3c2)c1. The number of carbonyl (C=O) groups is 1. The molecule has 5 nitrogen and oxygen atoms in total. The van der Waals surface area contributed by atoms with E-state index in [1.54, 1.807) is 30.5 Å². The number of aryl methyl sites for hydroxylation is 2. The fourth-order valence-electron chi connectivity index (χ4n) is 3.10. The number of halogens is 1. The van der Waals surface area contributed by atoms with Gasteiger partial charge in [-0.25, -0.2) is 13.9 Å². The van der Waals surface area contributed by atoms with Crippen molar-refractivity contribution in [1.82, 2.24) is 14.6 Å². The lowest BCUT2D eigenvalue weighted by Gasteiger charge is -2.06. The molecule has 0 aliphatic rings. The highest BCUT2D eigenvalue weighted by molar-refractivity contribution is 6.10. The van der Waals surface area contributed by atoms with Crippen LogP contribution in [0.1, 0.15) is 27.2 Å². The number of hydrogen-bond donors (Lipinski definition) is 1. The second kappa shape index (κ2) is 6.32. The van der Waals surface area contributed by atoms with Crippen LogP contribution in [0, 0.1) is 19.7 Å². The van der Waals surface area contributed by atoms with Gasteiger partial charge < -0.3 is 5.11 Å². The number of ketones is 1. The Kier molecular flexibility index (Phi) is 3.96. The van der Waals surface area contributed by atoms with E-state index >= 15 is 0 Å².